The normalized spacial score (nSPS) is 18.7. The zero-order chi connectivity index (χ0) is 28.3. The molecule has 3 aromatic rings. The van der Waals surface area contributed by atoms with E-state index in [4.69, 9.17) is 25.2 Å². The van der Waals surface area contributed by atoms with Gasteiger partial charge in [-0.15, -0.1) is 37.2 Å². The number of nitrogens with zero attached hydrogens (tertiary/aromatic N) is 6. The van der Waals surface area contributed by atoms with Crippen molar-refractivity contribution in [1.82, 2.24) is 24.8 Å². The van der Waals surface area contributed by atoms with Gasteiger partial charge in [-0.2, -0.15) is 0 Å². The lowest BCUT2D eigenvalue weighted by molar-refractivity contribution is 0.0903. The van der Waals surface area contributed by atoms with Crippen LogP contribution in [0, 0.1) is 0 Å². The Morgan fingerprint density at radius 1 is 0.955 bits per heavy atom. The maximum atomic E-state index is 6.32. The largest absolute Gasteiger partial charge is 0.495 e. The van der Waals surface area contributed by atoms with Gasteiger partial charge in [0.05, 0.1) is 18.5 Å². The van der Waals surface area contributed by atoms with Gasteiger partial charge in [0.2, 0.25) is 0 Å². The van der Waals surface area contributed by atoms with Gasteiger partial charge in [0.15, 0.2) is 5.82 Å². The van der Waals surface area contributed by atoms with Crippen LogP contribution in [0.5, 0.6) is 5.75 Å². The second-order valence-corrected chi connectivity index (χ2v) is 11.6. The van der Waals surface area contributed by atoms with Crippen LogP contribution in [-0.4, -0.2) is 103 Å². The molecule has 0 saturated carbocycles. The summed E-state index contributed by atoms with van der Waals surface area (Å²) in [6, 6.07) is 7.44. The maximum Gasteiger partial charge on any atom is 0.151 e. The first kappa shape index (κ1) is 36.1. The molecule has 2 aromatic heterocycles. The van der Waals surface area contributed by atoms with Gasteiger partial charge in [-0.3, -0.25) is 4.90 Å². The first-order valence-electron chi connectivity index (χ1n) is 15.2. The maximum absolute atomic E-state index is 6.32. The van der Waals surface area contributed by atoms with Crippen LogP contribution in [0.2, 0.25) is 0 Å². The SMILES string of the molecule is CCc1nc2c(N)ncc(-c3ccc(N4CCC(N5CCN(C)CC5)CC4)c(OC)c3)c2nc1NC1CCOCC1.Cl.Cl.Cl. The van der Waals surface area contributed by atoms with Crippen LogP contribution in [0.25, 0.3) is 22.2 Å². The number of aromatic nitrogens is 3. The summed E-state index contributed by atoms with van der Waals surface area (Å²) in [7, 11) is 3.97. The van der Waals surface area contributed by atoms with Gasteiger partial charge in [0.1, 0.15) is 22.6 Å². The molecule has 0 spiro atoms. The number of ether oxygens (including phenoxy) is 2. The Labute approximate surface area is 279 Å². The molecule has 1 aromatic carbocycles. The van der Waals surface area contributed by atoms with Crippen molar-refractivity contribution in [1.29, 1.82) is 0 Å². The minimum Gasteiger partial charge on any atom is -0.495 e. The first-order chi connectivity index (χ1) is 20.0. The van der Waals surface area contributed by atoms with Crippen LogP contribution in [0.4, 0.5) is 17.3 Å². The number of benzene rings is 1. The molecule has 244 valence electrons. The molecule has 44 heavy (non-hydrogen) atoms. The Morgan fingerprint density at radius 3 is 2.32 bits per heavy atom. The molecule has 3 saturated heterocycles. The minimum absolute atomic E-state index is 0. The fourth-order valence-electron chi connectivity index (χ4n) is 6.47. The zero-order valence-electron chi connectivity index (χ0n) is 26.0. The van der Waals surface area contributed by atoms with Crippen molar-refractivity contribution in [2.45, 2.75) is 51.1 Å². The summed E-state index contributed by atoms with van der Waals surface area (Å²) in [4.78, 5) is 22.1. The average Bonchev–Trinajstić information content (AvgIpc) is 3.02. The average molecular weight is 670 g/mol. The number of halogens is 3. The van der Waals surface area contributed by atoms with E-state index in [1.807, 2.05) is 6.20 Å². The molecule has 3 N–H and O–H groups in total. The molecule has 0 atom stereocenters. The lowest BCUT2D eigenvalue weighted by Crippen LogP contribution is -2.52. The van der Waals surface area contributed by atoms with E-state index in [0.717, 1.165) is 85.2 Å². The molecule has 0 unspecified atom stereocenters. The number of hydrogen-bond acceptors (Lipinski definition) is 10. The van der Waals surface area contributed by atoms with Crippen LogP contribution in [0.3, 0.4) is 0 Å². The van der Waals surface area contributed by atoms with Crippen LogP contribution >= 0.6 is 37.2 Å². The summed E-state index contributed by atoms with van der Waals surface area (Å²) >= 11 is 0. The number of hydrogen-bond donors (Lipinski definition) is 2. The first-order valence-corrected chi connectivity index (χ1v) is 15.2. The summed E-state index contributed by atoms with van der Waals surface area (Å²) in [5.41, 5.74) is 11.7. The molecule has 3 aliphatic heterocycles. The number of aryl methyl sites for hydroxylation is 1. The van der Waals surface area contributed by atoms with E-state index in [-0.39, 0.29) is 37.2 Å². The Bertz CT molecular complexity index is 1360. The molecular weight excluding hydrogens is 623 g/mol. The standard InChI is InChI=1S/C31H44N8O2.3ClH/c1-4-25-31(34-22-9-17-41-18-10-22)36-28-24(20-33-30(32)29(28)35-25)21-5-6-26(27(19-21)40-3)39-11-7-23(8-12-39)38-15-13-37(2)14-16-38;;;/h5-6,19-20,22-23H,4,7-18H2,1-3H3,(H2,32,33)(H,34,36);3*1H. The summed E-state index contributed by atoms with van der Waals surface area (Å²) < 4.78 is 11.5. The van der Waals surface area contributed by atoms with Crippen LogP contribution in [0.15, 0.2) is 24.4 Å². The number of nitrogen functional groups attached to an aromatic ring is 1. The molecule has 13 heteroatoms. The van der Waals surface area contributed by atoms with Gasteiger partial charge < -0.3 is 30.3 Å². The number of piperazine rings is 1. The number of piperidine rings is 1. The number of methoxy groups -OCH3 is 1. The van der Waals surface area contributed by atoms with E-state index >= 15 is 0 Å². The topological polar surface area (TPSA) is 105 Å². The fourth-order valence-corrected chi connectivity index (χ4v) is 6.47. The van der Waals surface area contributed by atoms with Crippen LogP contribution < -0.4 is 20.7 Å². The van der Waals surface area contributed by atoms with Crippen molar-refractivity contribution < 1.29 is 9.47 Å². The number of nitrogens with one attached hydrogen (secondary N) is 1. The highest BCUT2D eigenvalue weighted by atomic mass is 35.5. The lowest BCUT2D eigenvalue weighted by atomic mass is 10.00. The number of pyridine rings is 1. The Kier molecular flexibility index (Phi) is 13.4. The van der Waals surface area contributed by atoms with E-state index in [2.05, 4.69) is 57.2 Å². The van der Waals surface area contributed by atoms with Crippen molar-refractivity contribution >= 4 is 65.6 Å². The number of likely N-dealkylation sites (N-methyl/N-ethyl adjacent to an activating group) is 1. The van der Waals surface area contributed by atoms with Gasteiger partial charge in [0.25, 0.3) is 0 Å². The second-order valence-electron chi connectivity index (χ2n) is 11.6. The van der Waals surface area contributed by atoms with Gasteiger partial charge in [-0.25, -0.2) is 15.0 Å². The Morgan fingerprint density at radius 2 is 1.66 bits per heavy atom. The smallest absolute Gasteiger partial charge is 0.151 e. The Balaban J connectivity index is 0.00000176. The van der Waals surface area contributed by atoms with E-state index in [9.17, 15) is 0 Å². The van der Waals surface area contributed by atoms with Gasteiger partial charge in [-0.1, -0.05) is 13.0 Å². The van der Waals surface area contributed by atoms with Crippen molar-refractivity contribution in [2.24, 2.45) is 0 Å². The van der Waals surface area contributed by atoms with E-state index in [1.165, 1.54) is 39.0 Å². The highest BCUT2D eigenvalue weighted by Crippen LogP contribution is 2.38. The van der Waals surface area contributed by atoms with Gasteiger partial charge in [-0.05, 0) is 56.8 Å². The van der Waals surface area contributed by atoms with Crippen molar-refractivity contribution in [3.8, 4) is 16.9 Å². The van der Waals surface area contributed by atoms with Crippen molar-refractivity contribution in [2.75, 3.05) is 82.6 Å². The zero-order valence-corrected chi connectivity index (χ0v) is 28.4. The Hall–Kier alpha value is -2.34. The highest BCUT2D eigenvalue weighted by Gasteiger charge is 2.28. The highest BCUT2D eigenvalue weighted by molar-refractivity contribution is 5.97. The molecule has 10 nitrogen and oxygen atoms in total. The van der Waals surface area contributed by atoms with Crippen LogP contribution in [0.1, 0.15) is 38.3 Å². The molecular formula is C31H47Cl3N8O2. The quantitative estimate of drug-likeness (QED) is 0.360. The number of nitrogens with two attached hydrogens (primary N) is 1. The summed E-state index contributed by atoms with van der Waals surface area (Å²) in [6.45, 7) is 10.4. The molecule has 3 aliphatic rings. The minimum atomic E-state index is 0. The summed E-state index contributed by atoms with van der Waals surface area (Å²) in [5, 5.41) is 3.64. The van der Waals surface area contributed by atoms with Crippen molar-refractivity contribution in [3.05, 3.63) is 30.1 Å². The molecule has 0 bridgehead atoms. The monoisotopic (exact) mass is 668 g/mol. The third-order valence-electron chi connectivity index (χ3n) is 9.05. The van der Waals surface area contributed by atoms with Crippen molar-refractivity contribution in [3.63, 3.8) is 0 Å². The molecule has 0 radical (unpaired) electrons. The predicted octanol–water partition coefficient (Wildman–Crippen LogP) is 4.92. The molecule has 6 rings (SSSR count). The summed E-state index contributed by atoms with van der Waals surface area (Å²) in [6.07, 6.45) is 6.84. The molecule has 3 fully saturated rings. The molecule has 0 amide bonds. The van der Waals surface area contributed by atoms with Gasteiger partial charge in [0, 0.05) is 76.3 Å². The lowest BCUT2D eigenvalue weighted by Gasteiger charge is -2.42. The van der Waals surface area contributed by atoms with E-state index in [0.29, 0.717) is 23.4 Å². The third kappa shape index (κ3) is 7.71. The fraction of sp³-hybridized carbons (Fsp3) is 0.581. The predicted molar refractivity (Wildman–Crippen MR) is 187 cm³/mol. The third-order valence-corrected chi connectivity index (χ3v) is 9.05. The molecule has 5 heterocycles. The van der Waals surface area contributed by atoms with E-state index in [1.54, 1.807) is 7.11 Å². The molecule has 0 aliphatic carbocycles. The second kappa shape index (κ2) is 16.3. The number of anilines is 3. The van der Waals surface area contributed by atoms with E-state index < -0.39 is 0 Å². The number of rotatable bonds is 7. The van der Waals surface area contributed by atoms with Gasteiger partial charge >= 0.3 is 0 Å². The summed E-state index contributed by atoms with van der Waals surface area (Å²) in [5.74, 6) is 2.09. The van der Waals surface area contributed by atoms with Crippen LogP contribution in [-0.2, 0) is 11.2 Å². The number of fused-ring (bicyclic) bond motifs is 1.